The first-order chi connectivity index (χ1) is 16.5. The highest BCUT2D eigenvalue weighted by atomic mass is 35.5. The van der Waals surface area contributed by atoms with Crippen molar-refractivity contribution in [3.63, 3.8) is 0 Å². The number of amides is 1. The van der Waals surface area contributed by atoms with Crippen LogP contribution in [0.1, 0.15) is 11.4 Å². The molecular weight excluding hydrogens is 473 g/mol. The molecule has 0 saturated heterocycles. The van der Waals surface area contributed by atoms with E-state index in [0.717, 1.165) is 33.2 Å². The van der Waals surface area contributed by atoms with Crippen LogP contribution in [0.2, 0.25) is 10.0 Å². The van der Waals surface area contributed by atoms with Gasteiger partial charge < -0.3 is 19.4 Å². The molecule has 176 valence electrons. The molecule has 0 fully saturated rings. The zero-order chi connectivity index (χ0) is 23.9. The van der Waals surface area contributed by atoms with E-state index >= 15 is 0 Å². The summed E-state index contributed by atoms with van der Waals surface area (Å²) in [5.74, 6) is 2.06. The lowest BCUT2D eigenvalue weighted by atomic mass is 10.2. The van der Waals surface area contributed by atoms with Crippen LogP contribution in [-0.4, -0.2) is 35.2 Å². The first kappa shape index (κ1) is 23.9. The van der Waals surface area contributed by atoms with Crippen LogP contribution in [0.4, 0.5) is 0 Å². The quantitative estimate of drug-likeness (QED) is 0.315. The van der Waals surface area contributed by atoms with Crippen molar-refractivity contribution in [3.05, 3.63) is 88.2 Å². The molecule has 1 heterocycles. The highest BCUT2D eigenvalue weighted by molar-refractivity contribution is 6.31. The number of imidazole rings is 1. The molecule has 1 aromatic heterocycles. The Hall–Kier alpha value is -3.22. The predicted octanol–water partition coefficient (Wildman–Crippen LogP) is 5.47. The van der Waals surface area contributed by atoms with E-state index in [1.807, 2.05) is 49.4 Å². The van der Waals surface area contributed by atoms with Gasteiger partial charge in [0.15, 0.2) is 6.61 Å². The zero-order valence-corrected chi connectivity index (χ0v) is 20.3. The van der Waals surface area contributed by atoms with Gasteiger partial charge in [0.1, 0.15) is 23.9 Å². The number of rotatable bonds is 10. The maximum Gasteiger partial charge on any atom is 0.257 e. The van der Waals surface area contributed by atoms with Gasteiger partial charge in [-0.2, -0.15) is 0 Å². The minimum Gasteiger partial charge on any atom is -0.492 e. The van der Waals surface area contributed by atoms with E-state index in [2.05, 4.69) is 9.88 Å². The molecule has 0 saturated carbocycles. The minimum atomic E-state index is -0.195. The fourth-order valence-electron chi connectivity index (χ4n) is 3.57. The van der Waals surface area contributed by atoms with Gasteiger partial charge in [0.2, 0.25) is 0 Å². The van der Waals surface area contributed by atoms with Crippen LogP contribution in [0.3, 0.4) is 0 Å². The van der Waals surface area contributed by atoms with E-state index in [-0.39, 0.29) is 12.5 Å². The third-order valence-electron chi connectivity index (χ3n) is 5.30. The summed E-state index contributed by atoms with van der Waals surface area (Å²) in [6.07, 6.45) is 0.585. The van der Waals surface area contributed by atoms with E-state index in [1.54, 1.807) is 24.3 Å². The topological polar surface area (TPSA) is 65.4 Å². The second-order valence-electron chi connectivity index (χ2n) is 7.77. The number of benzene rings is 3. The first-order valence-corrected chi connectivity index (χ1v) is 11.7. The van der Waals surface area contributed by atoms with Crippen LogP contribution < -0.4 is 14.8 Å². The molecule has 0 bridgehead atoms. The van der Waals surface area contributed by atoms with Crippen molar-refractivity contribution in [2.75, 3.05) is 19.8 Å². The number of para-hydroxylation sites is 2. The second kappa shape index (κ2) is 11.3. The van der Waals surface area contributed by atoms with Gasteiger partial charge in [-0.05, 0) is 67.1 Å². The second-order valence-corrected chi connectivity index (χ2v) is 8.61. The van der Waals surface area contributed by atoms with Gasteiger partial charge in [-0.1, -0.05) is 35.3 Å². The molecule has 4 rings (SSSR count). The van der Waals surface area contributed by atoms with E-state index in [9.17, 15) is 4.79 Å². The van der Waals surface area contributed by atoms with Gasteiger partial charge in [-0.25, -0.2) is 4.98 Å². The number of carbonyl (C=O) groups is 1. The van der Waals surface area contributed by atoms with Gasteiger partial charge in [-0.3, -0.25) is 4.79 Å². The van der Waals surface area contributed by atoms with Crippen molar-refractivity contribution in [1.82, 2.24) is 14.9 Å². The van der Waals surface area contributed by atoms with Gasteiger partial charge in [0.25, 0.3) is 5.91 Å². The van der Waals surface area contributed by atoms with E-state index in [1.165, 1.54) is 0 Å². The van der Waals surface area contributed by atoms with Gasteiger partial charge in [0, 0.05) is 23.0 Å². The van der Waals surface area contributed by atoms with E-state index < -0.39 is 0 Å². The van der Waals surface area contributed by atoms with Crippen molar-refractivity contribution < 1.29 is 14.3 Å². The molecule has 0 aliphatic heterocycles. The molecule has 6 nitrogen and oxygen atoms in total. The smallest absolute Gasteiger partial charge is 0.257 e. The normalized spacial score (nSPS) is 10.9. The molecule has 34 heavy (non-hydrogen) atoms. The lowest BCUT2D eigenvalue weighted by molar-refractivity contribution is -0.123. The molecule has 0 spiro atoms. The lowest BCUT2D eigenvalue weighted by Gasteiger charge is -2.12. The monoisotopic (exact) mass is 497 g/mol. The van der Waals surface area contributed by atoms with Crippen LogP contribution in [-0.2, 0) is 17.8 Å². The SMILES string of the molecule is Cc1cc(OCCn2c(CCNC(=O)COc3ccc(Cl)cc3)nc3ccccc32)ccc1Cl. The van der Waals surface area contributed by atoms with E-state index in [4.69, 9.17) is 37.7 Å². The van der Waals surface area contributed by atoms with Crippen molar-refractivity contribution in [1.29, 1.82) is 0 Å². The van der Waals surface area contributed by atoms with Gasteiger partial charge >= 0.3 is 0 Å². The summed E-state index contributed by atoms with van der Waals surface area (Å²) in [5.41, 5.74) is 2.92. The van der Waals surface area contributed by atoms with Crippen molar-refractivity contribution in [2.24, 2.45) is 0 Å². The minimum absolute atomic E-state index is 0.0631. The lowest BCUT2D eigenvalue weighted by Crippen LogP contribution is -2.31. The van der Waals surface area contributed by atoms with Crippen LogP contribution in [0.5, 0.6) is 11.5 Å². The van der Waals surface area contributed by atoms with Gasteiger partial charge in [-0.15, -0.1) is 0 Å². The Morgan fingerprint density at radius 3 is 2.56 bits per heavy atom. The molecule has 0 atom stereocenters. The number of nitrogens with one attached hydrogen (secondary N) is 1. The number of hydrogen-bond donors (Lipinski definition) is 1. The Balaban J connectivity index is 1.33. The summed E-state index contributed by atoms with van der Waals surface area (Å²) in [6, 6.07) is 20.5. The fraction of sp³-hybridized carbons (Fsp3) is 0.231. The molecule has 1 amide bonds. The Bertz CT molecular complexity index is 1270. The number of hydrogen-bond acceptors (Lipinski definition) is 4. The average Bonchev–Trinajstić information content (AvgIpc) is 3.18. The number of fused-ring (bicyclic) bond motifs is 1. The number of halogens is 2. The fourth-order valence-corrected chi connectivity index (χ4v) is 3.82. The highest BCUT2D eigenvalue weighted by Crippen LogP contribution is 2.22. The Morgan fingerprint density at radius 1 is 1.00 bits per heavy atom. The Labute approximate surface area is 208 Å². The standard InChI is InChI=1S/C26H25Cl2N3O3/c1-18-16-21(10-11-22(18)28)33-15-14-31-24-5-3-2-4-23(24)30-25(31)12-13-29-26(32)17-34-20-8-6-19(27)7-9-20/h2-11,16H,12-15,17H2,1H3,(H,29,32). The maximum atomic E-state index is 12.2. The number of aryl methyl sites for hydroxylation is 1. The van der Waals surface area contributed by atoms with E-state index in [0.29, 0.717) is 36.9 Å². The van der Waals surface area contributed by atoms with Crippen molar-refractivity contribution in [3.8, 4) is 11.5 Å². The highest BCUT2D eigenvalue weighted by Gasteiger charge is 2.11. The summed E-state index contributed by atoms with van der Waals surface area (Å²) < 4.78 is 13.6. The molecule has 0 aliphatic carbocycles. The van der Waals surface area contributed by atoms with Crippen molar-refractivity contribution in [2.45, 2.75) is 19.9 Å². The average molecular weight is 498 g/mol. The molecular formula is C26H25Cl2N3O3. The van der Waals surface area contributed by atoms with Crippen molar-refractivity contribution >= 4 is 40.1 Å². The third kappa shape index (κ3) is 6.22. The maximum absolute atomic E-state index is 12.2. The number of carbonyl (C=O) groups excluding carboxylic acids is 1. The first-order valence-electron chi connectivity index (χ1n) is 11.0. The van der Waals surface area contributed by atoms with Crippen LogP contribution in [0, 0.1) is 6.92 Å². The largest absolute Gasteiger partial charge is 0.492 e. The Kier molecular flexibility index (Phi) is 7.93. The third-order valence-corrected chi connectivity index (χ3v) is 5.98. The van der Waals surface area contributed by atoms with Crippen LogP contribution in [0.25, 0.3) is 11.0 Å². The summed E-state index contributed by atoms with van der Waals surface area (Å²) in [6.45, 7) is 3.45. The van der Waals surface area contributed by atoms with Gasteiger partial charge in [0.05, 0.1) is 17.6 Å². The molecule has 3 aromatic carbocycles. The number of aromatic nitrogens is 2. The number of nitrogens with zero attached hydrogens (tertiary/aromatic N) is 2. The molecule has 8 heteroatoms. The summed E-state index contributed by atoms with van der Waals surface area (Å²) in [5, 5.41) is 4.23. The van der Waals surface area contributed by atoms with Crippen LogP contribution >= 0.6 is 23.2 Å². The molecule has 1 N–H and O–H groups in total. The molecule has 0 unspecified atom stereocenters. The molecule has 0 radical (unpaired) electrons. The molecule has 0 aliphatic rings. The summed E-state index contributed by atoms with van der Waals surface area (Å²) in [7, 11) is 0. The summed E-state index contributed by atoms with van der Waals surface area (Å²) in [4.78, 5) is 16.9. The number of ether oxygens (including phenoxy) is 2. The van der Waals surface area contributed by atoms with Crippen LogP contribution in [0.15, 0.2) is 66.7 Å². The molecule has 4 aromatic rings. The zero-order valence-electron chi connectivity index (χ0n) is 18.8. The summed E-state index contributed by atoms with van der Waals surface area (Å²) >= 11 is 12.0. The predicted molar refractivity (Wildman–Crippen MR) is 135 cm³/mol. The Morgan fingerprint density at radius 2 is 1.76 bits per heavy atom.